The Labute approximate surface area is 171 Å². The van der Waals surface area contributed by atoms with Crippen molar-refractivity contribution in [1.82, 2.24) is 0 Å². The lowest BCUT2D eigenvalue weighted by atomic mass is 9.95. The Kier molecular flexibility index (Phi) is 4.91. The van der Waals surface area contributed by atoms with Crippen LogP contribution in [0.4, 0.5) is 10.1 Å². The summed E-state index contributed by atoms with van der Waals surface area (Å²) in [5.41, 5.74) is 0.681. The second-order valence-corrected chi connectivity index (χ2v) is 6.97. The van der Waals surface area contributed by atoms with Gasteiger partial charge in [-0.05, 0) is 30.3 Å². The molecule has 1 aliphatic heterocycles. The molecule has 144 valence electrons. The molecule has 0 saturated carbocycles. The first-order chi connectivity index (χ1) is 14.0. The molecule has 0 aliphatic carbocycles. The Morgan fingerprint density at radius 2 is 1.52 bits per heavy atom. The van der Waals surface area contributed by atoms with Gasteiger partial charge in [-0.1, -0.05) is 60.1 Å². The molecule has 1 fully saturated rings. The third-order valence-corrected chi connectivity index (χ3v) is 5.05. The van der Waals surface area contributed by atoms with E-state index in [4.69, 9.17) is 11.6 Å². The molecule has 29 heavy (non-hydrogen) atoms. The summed E-state index contributed by atoms with van der Waals surface area (Å²) in [5.74, 6) is -2.67. The van der Waals surface area contributed by atoms with Gasteiger partial charge in [-0.2, -0.15) is 0 Å². The Bertz CT molecular complexity index is 1130. The number of hydrogen-bond acceptors (Lipinski definition) is 3. The van der Waals surface area contributed by atoms with Crippen LogP contribution >= 0.6 is 11.6 Å². The highest BCUT2D eigenvalue weighted by Gasteiger charge is 2.47. The zero-order chi connectivity index (χ0) is 20.5. The molecule has 0 unspecified atom stereocenters. The molecule has 4 nitrogen and oxygen atoms in total. The summed E-state index contributed by atoms with van der Waals surface area (Å²) in [6, 6.07) is 19.4. The van der Waals surface area contributed by atoms with Gasteiger partial charge in [0.1, 0.15) is 11.6 Å². The standard InChI is InChI=1S/C23H15ClFNO3/c24-15-10-12-16(13-11-15)26-20(17-8-4-5-9-18(17)25)19(22(28)23(26)29)21(27)14-6-2-1-3-7-14/h1-13,20,27H/b21-19+/t20-/m0/s1. The first-order valence-electron chi connectivity index (χ1n) is 8.85. The summed E-state index contributed by atoms with van der Waals surface area (Å²) >= 11 is 5.94. The fraction of sp³-hybridized carbons (Fsp3) is 0.0435. The molecule has 6 heteroatoms. The van der Waals surface area contributed by atoms with Crippen LogP contribution in [0.2, 0.25) is 5.02 Å². The second-order valence-electron chi connectivity index (χ2n) is 6.53. The van der Waals surface area contributed by atoms with E-state index in [1.54, 1.807) is 60.7 Å². The Hall–Kier alpha value is -3.44. The maximum absolute atomic E-state index is 14.7. The third kappa shape index (κ3) is 3.30. The maximum atomic E-state index is 14.7. The molecule has 0 spiro atoms. The van der Waals surface area contributed by atoms with Crippen molar-refractivity contribution < 1.29 is 19.1 Å². The van der Waals surface area contributed by atoms with Crippen molar-refractivity contribution in [3.63, 3.8) is 0 Å². The molecule has 0 bridgehead atoms. The van der Waals surface area contributed by atoms with E-state index >= 15 is 0 Å². The monoisotopic (exact) mass is 407 g/mol. The van der Waals surface area contributed by atoms with Gasteiger partial charge >= 0.3 is 0 Å². The smallest absolute Gasteiger partial charge is 0.300 e. The summed E-state index contributed by atoms with van der Waals surface area (Å²) in [7, 11) is 0. The molecule has 1 aliphatic rings. The van der Waals surface area contributed by atoms with Gasteiger partial charge in [0, 0.05) is 21.8 Å². The average Bonchev–Trinajstić information content (AvgIpc) is 3.00. The predicted molar refractivity (Wildman–Crippen MR) is 109 cm³/mol. The SMILES string of the molecule is O=C1C(=O)N(c2ccc(Cl)cc2)[C@@H](c2ccccc2F)/C1=C(\O)c1ccccc1. The van der Waals surface area contributed by atoms with Gasteiger partial charge in [-0.15, -0.1) is 0 Å². The van der Waals surface area contributed by atoms with Crippen LogP contribution in [-0.2, 0) is 9.59 Å². The Balaban J connectivity index is 1.97. The number of benzene rings is 3. The normalized spacial score (nSPS) is 18.3. The summed E-state index contributed by atoms with van der Waals surface area (Å²) in [4.78, 5) is 27.0. The number of rotatable bonds is 3. The van der Waals surface area contributed by atoms with Crippen LogP contribution in [-0.4, -0.2) is 16.8 Å². The highest BCUT2D eigenvalue weighted by molar-refractivity contribution is 6.51. The number of hydrogen-bond donors (Lipinski definition) is 1. The van der Waals surface area contributed by atoms with Crippen molar-refractivity contribution in [2.75, 3.05) is 4.90 Å². The molecular weight excluding hydrogens is 393 g/mol. The van der Waals surface area contributed by atoms with Crippen molar-refractivity contribution in [1.29, 1.82) is 0 Å². The number of amides is 1. The van der Waals surface area contributed by atoms with E-state index in [-0.39, 0.29) is 16.9 Å². The van der Waals surface area contributed by atoms with E-state index in [2.05, 4.69) is 0 Å². The number of carbonyl (C=O) groups is 2. The number of carbonyl (C=O) groups excluding carboxylic acids is 2. The van der Waals surface area contributed by atoms with Crippen molar-refractivity contribution in [3.05, 3.63) is 106 Å². The lowest BCUT2D eigenvalue weighted by Gasteiger charge is -2.25. The number of ketones is 1. The number of halogens is 2. The zero-order valence-electron chi connectivity index (χ0n) is 15.0. The minimum atomic E-state index is -1.11. The second kappa shape index (κ2) is 7.53. The number of nitrogens with zero attached hydrogens (tertiary/aromatic N) is 1. The molecule has 3 aromatic carbocycles. The van der Waals surface area contributed by atoms with E-state index in [0.717, 1.165) is 0 Å². The third-order valence-electron chi connectivity index (χ3n) is 4.80. The average molecular weight is 408 g/mol. The van der Waals surface area contributed by atoms with Gasteiger partial charge in [0.15, 0.2) is 0 Å². The summed E-state index contributed by atoms with van der Waals surface area (Å²) in [6.07, 6.45) is 0. The minimum absolute atomic E-state index is 0.110. The molecular formula is C23H15ClFNO3. The first kappa shape index (κ1) is 18.9. The largest absolute Gasteiger partial charge is 0.507 e. The van der Waals surface area contributed by atoms with E-state index in [1.807, 2.05) is 0 Å². The Morgan fingerprint density at radius 3 is 2.17 bits per heavy atom. The van der Waals surface area contributed by atoms with E-state index < -0.39 is 23.5 Å². The highest BCUT2D eigenvalue weighted by atomic mass is 35.5. The number of aliphatic hydroxyl groups excluding tert-OH is 1. The van der Waals surface area contributed by atoms with Crippen LogP contribution in [0.5, 0.6) is 0 Å². The lowest BCUT2D eigenvalue weighted by molar-refractivity contribution is -0.132. The zero-order valence-corrected chi connectivity index (χ0v) is 15.8. The first-order valence-corrected chi connectivity index (χ1v) is 9.23. The van der Waals surface area contributed by atoms with Gasteiger partial charge < -0.3 is 5.11 Å². The van der Waals surface area contributed by atoms with Gasteiger partial charge in [-0.3, -0.25) is 14.5 Å². The maximum Gasteiger partial charge on any atom is 0.300 e. The van der Waals surface area contributed by atoms with E-state index in [0.29, 0.717) is 16.3 Å². The minimum Gasteiger partial charge on any atom is -0.507 e. The molecule has 1 atom stereocenters. The van der Waals surface area contributed by atoms with Gasteiger partial charge in [0.25, 0.3) is 11.7 Å². The highest BCUT2D eigenvalue weighted by Crippen LogP contribution is 2.42. The van der Waals surface area contributed by atoms with Gasteiger partial charge in [0.05, 0.1) is 11.6 Å². The number of Topliss-reactive ketones (excluding diaryl/α,β-unsaturated/α-hetero) is 1. The molecule has 4 rings (SSSR count). The molecule has 0 radical (unpaired) electrons. The topological polar surface area (TPSA) is 57.6 Å². The summed E-state index contributed by atoms with van der Waals surface area (Å²) in [6.45, 7) is 0. The molecule has 1 saturated heterocycles. The summed E-state index contributed by atoms with van der Waals surface area (Å²) in [5, 5.41) is 11.3. The van der Waals surface area contributed by atoms with E-state index in [1.165, 1.54) is 23.1 Å². The van der Waals surface area contributed by atoms with Crippen molar-refractivity contribution in [3.8, 4) is 0 Å². The van der Waals surface area contributed by atoms with Crippen LogP contribution in [0.15, 0.2) is 84.4 Å². The van der Waals surface area contributed by atoms with Crippen LogP contribution < -0.4 is 4.90 Å². The van der Waals surface area contributed by atoms with Crippen LogP contribution in [0.1, 0.15) is 17.2 Å². The molecule has 1 heterocycles. The summed E-state index contributed by atoms with van der Waals surface area (Å²) < 4.78 is 14.7. The Morgan fingerprint density at radius 1 is 0.897 bits per heavy atom. The van der Waals surface area contributed by atoms with Crippen LogP contribution in [0.3, 0.4) is 0 Å². The lowest BCUT2D eigenvalue weighted by Crippen LogP contribution is -2.29. The fourth-order valence-electron chi connectivity index (χ4n) is 3.44. The molecule has 1 amide bonds. The predicted octanol–water partition coefficient (Wildman–Crippen LogP) is 5.11. The van der Waals surface area contributed by atoms with Crippen molar-refractivity contribution in [2.24, 2.45) is 0 Å². The van der Waals surface area contributed by atoms with E-state index in [9.17, 15) is 19.1 Å². The fourth-order valence-corrected chi connectivity index (χ4v) is 3.57. The van der Waals surface area contributed by atoms with Crippen LogP contribution in [0, 0.1) is 5.82 Å². The number of aliphatic hydroxyl groups is 1. The molecule has 1 N–H and O–H groups in total. The quantitative estimate of drug-likeness (QED) is 0.373. The van der Waals surface area contributed by atoms with Crippen molar-refractivity contribution >= 4 is 34.7 Å². The molecule has 3 aromatic rings. The van der Waals surface area contributed by atoms with Gasteiger partial charge in [-0.25, -0.2) is 4.39 Å². The number of anilines is 1. The van der Waals surface area contributed by atoms with Gasteiger partial charge in [0.2, 0.25) is 0 Å². The van der Waals surface area contributed by atoms with Crippen LogP contribution in [0.25, 0.3) is 5.76 Å². The molecule has 0 aromatic heterocycles. The van der Waals surface area contributed by atoms with Crippen molar-refractivity contribution in [2.45, 2.75) is 6.04 Å².